The number of anilines is 3. The number of carbonyl (C=O) groups is 2. The molecule has 0 unspecified atom stereocenters. The molecular weight excluding hydrogens is 386 g/mol. The maximum absolute atomic E-state index is 12.4. The third kappa shape index (κ3) is 3.54. The molecule has 1 amide bonds. The molecule has 0 saturated carbocycles. The Kier molecular flexibility index (Phi) is 5.26. The number of aryl methyl sites for hydroxylation is 1. The molecular formula is C21H23N5O4. The highest BCUT2D eigenvalue weighted by molar-refractivity contribution is 6.09. The number of furan rings is 1. The van der Waals surface area contributed by atoms with Gasteiger partial charge in [-0.3, -0.25) is 4.79 Å². The molecule has 2 aromatic heterocycles. The van der Waals surface area contributed by atoms with Crippen LogP contribution in [0.15, 0.2) is 28.7 Å². The minimum Gasteiger partial charge on any atom is -0.462 e. The predicted octanol–water partition coefficient (Wildman–Crippen LogP) is 3.15. The summed E-state index contributed by atoms with van der Waals surface area (Å²) in [6.45, 7) is 5.14. The third-order valence-electron chi connectivity index (χ3n) is 5.00. The van der Waals surface area contributed by atoms with Crippen LogP contribution >= 0.6 is 0 Å². The monoisotopic (exact) mass is 409 g/mol. The first-order valence-electron chi connectivity index (χ1n) is 9.88. The zero-order valence-electron chi connectivity index (χ0n) is 16.9. The number of carbonyl (C=O) groups excluding carboxylic acids is 2. The quantitative estimate of drug-likeness (QED) is 0.595. The third-order valence-corrected chi connectivity index (χ3v) is 5.00. The standard InChI is InChI=1S/C21H23N5O4/c1-3-29-21(28)15-12(2)30-20(16(15)17(22)27)25-18-19(26-10-6-7-11-26)24-14-9-5-4-8-13(14)23-18/h4-5,8-9H,3,6-7,10-11H2,1-2H3,(H2,22,27)(H,23,25). The van der Waals surface area contributed by atoms with E-state index in [0.717, 1.165) is 31.4 Å². The molecule has 0 radical (unpaired) electrons. The average Bonchev–Trinajstić information content (AvgIpc) is 3.35. The van der Waals surface area contributed by atoms with Gasteiger partial charge in [0.1, 0.15) is 16.9 Å². The number of nitrogens with one attached hydrogen (secondary N) is 1. The van der Waals surface area contributed by atoms with E-state index >= 15 is 0 Å². The van der Waals surface area contributed by atoms with Crippen molar-refractivity contribution >= 4 is 40.4 Å². The van der Waals surface area contributed by atoms with Gasteiger partial charge in [0.2, 0.25) is 5.88 Å². The topological polar surface area (TPSA) is 124 Å². The number of esters is 1. The second kappa shape index (κ2) is 8.02. The second-order valence-electron chi connectivity index (χ2n) is 7.03. The van der Waals surface area contributed by atoms with Crippen LogP contribution in [0, 0.1) is 6.92 Å². The normalized spacial score (nSPS) is 13.6. The summed E-state index contributed by atoms with van der Waals surface area (Å²) in [5.74, 6) is -0.0799. The molecule has 3 N–H and O–H groups in total. The van der Waals surface area contributed by atoms with Crippen LogP contribution in [0.5, 0.6) is 0 Å². The number of aromatic nitrogens is 2. The lowest BCUT2D eigenvalue weighted by atomic mass is 10.1. The lowest BCUT2D eigenvalue weighted by Gasteiger charge is -2.20. The molecule has 1 aliphatic rings. The van der Waals surface area contributed by atoms with Crippen molar-refractivity contribution in [2.24, 2.45) is 5.73 Å². The van der Waals surface area contributed by atoms with Gasteiger partial charge in [-0.15, -0.1) is 0 Å². The van der Waals surface area contributed by atoms with Crippen LogP contribution in [-0.4, -0.2) is 41.5 Å². The van der Waals surface area contributed by atoms with Crippen LogP contribution in [-0.2, 0) is 4.74 Å². The first kappa shape index (κ1) is 19.7. The highest BCUT2D eigenvalue weighted by Crippen LogP contribution is 2.34. The van der Waals surface area contributed by atoms with E-state index in [9.17, 15) is 9.59 Å². The molecule has 0 bridgehead atoms. The maximum atomic E-state index is 12.4. The molecule has 1 aromatic carbocycles. The zero-order valence-corrected chi connectivity index (χ0v) is 16.9. The van der Waals surface area contributed by atoms with Gasteiger partial charge in [0.15, 0.2) is 11.6 Å². The first-order valence-corrected chi connectivity index (χ1v) is 9.88. The van der Waals surface area contributed by atoms with Crippen LogP contribution in [0.1, 0.15) is 46.2 Å². The summed E-state index contributed by atoms with van der Waals surface area (Å²) in [7, 11) is 0. The fourth-order valence-corrected chi connectivity index (χ4v) is 3.65. The summed E-state index contributed by atoms with van der Waals surface area (Å²) in [5, 5.41) is 3.06. The summed E-state index contributed by atoms with van der Waals surface area (Å²) in [5.41, 5.74) is 6.99. The molecule has 9 heteroatoms. The number of amides is 1. The Labute approximate surface area is 173 Å². The highest BCUT2D eigenvalue weighted by Gasteiger charge is 2.30. The highest BCUT2D eigenvalue weighted by atomic mass is 16.5. The summed E-state index contributed by atoms with van der Waals surface area (Å²) >= 11 is 0. The SMILES string of the molecule is CCOC(=O)c1c(C)oc(Nc2nc3ccccc3nc2N2CCCC2)c1C(N)=O. The van der Waals surface area contributed by atoms with E-state index in [0.29, 0.717) is 17.2 Å². The van der Waals surface area contributed by atoms with E-state index in [1.807, 2.05) is 24.3 Å². The van der Waals surface area contributed by atoms with Crippen LogP contribution in [0.3, 0.4) is 0 Å². The molecule has 9 nitrogen and oxygen atoms in total. The Balaban J connectivity index is 1.82. The van der Waals surface area contributed by atoms with Crippen molar-refractivity contribution in [2.45, 2.75) is 26.7 Å². The second-order valence-corrected chi connectivity index (χ2v) is 7.03. The fourth-order valence-electron chi connectivity index (χ4n) is 3.65. The van der Waals surface area contributed by atoms with Gasteiger partial charge in [-0.1, -0.05) is 12.1 Å². The molecule has 1 fully saturated rings. The molecule has 0 atom stereocenters. The molecule has 0 spiro atoms. The lowest BCUT2D eigenvalue weighted by molar-refractivity contribution is 0.0521. The van der Waals surface area contributed by atoms with E-state index in [4.69, 9.17) is 24.9 Å². The van der Waals surface area contributed by atoms with Crippen LogP contribution < -0.4 is 16.0 Å². The molecule has 30 heavy (non-hydrogen) atoms. The van der Waals surface area contributed by atoms with E-state index in [1.165, 1.54) is 0 Å². The molecule has 0 aliphatic carbocycles. The van der Waals surface area contributed by atoms with Gasteiger partial charge in [-0.25, -0.2) is 14.8 Å². The van der Waals surface area contributed by atoms with Gasteiger partial charge >= 0.3 is 5.97 Å². The van der Waals surface area contributed by atoms with Crippen LogP contribution in [0.4, 0.5) is 17.5 Å². The number of hydrogen-bond acceptors (Lipinski definition) is 8. The van der Waals surface area contributed by atoms with Crippen molar-refractivity contribution < 1.29 is 18.7 Å². The lowest BCUT2D eigenvalue weighted by Crippen LogP contribution is -2.21. The summed E-state index contributed by atoms with van der Waals surface area (Å²) in [6, 6.07) is 7.54. The molecule has 4 rings (SSSR count). The Morgan fingerprint density at radius 1 is 1.17 bits per heavy atom. The Bertz CT molecular complexity index is 1120. The minimum absolute atomic E-state index is 0.0170. The van der Waals surface area contributed by atoms with Crippen LogP contribution in [0.25, 0.3) is 11.0 Å². The van der Waals surface area contributed by atoms with Crippen molar-refractivity contribution in [3.05, 3.63) is 41.2 Å². The Hall–Kier alpha value is -3.62. The van der Waals surface area contributed by atoms with Crippen molar-refractivity contribution in [2.75, 3.05) is 29.9 Å². The van der Waals surface area contributed by atoms with Gasteiger partial charge in [-0.2, -0.15) is 0 Å². The summed E-state index contributed by atoms with van der Waals surface area (Å²) < 4.78 is 10.8. The number of fused-ring (bicyclic) bond motifs is 1. The molecule has 156 valence electrons. The van der Waals surface area contributed by atoms with Gasteiger partial charge in [0.05, 0.1) is 17.6 Å². The number of ether oxygens (including phenoxy) is 1. The van der Waals surface area contributed by atoms with E-state index in [-0.39, 0.29) is 29.4 Å². The van der Waals surface area contributed by atoms with Crippen molar-refractivity contribution in [3.63, 3.8) is 0 Å². The maximum Gasteiger partial charge on any atom is 0.342 e. The number of hydrogen-bond donors (Lipinski definition) is 2. The number of nitrogens with zero attached hydrogens (tertiary/aromatic N) is 3. The average molecular weight is 409 g/mol. The smallest absolute Gasteiger partial charge is 0.342 e. The Morgan fingerprint density at radius 3 is 2.47 bits per heavy atom. The summed E-state index contributed by atoms with van der Waals surface area (Å²) in [6.07, 6.45) is 2.13. The summed E-state index contributed by atoms with van der Waals surface area (Å²) in [4.78, 5) is 36.1. The molecule has 3 heterocycles. The van der Waals surface area contributed by atoms with Gasteiger partial charge < -0.3 is 25.1 Å². The Morgan fingerprint density at radius 2 is 1.83 bits per heavy atom. The molecule has 1 aliphatic heterocycles. The van der Waals surface area contributed by atoms with E-state index < -0.39 is 11.9 Å². The zero-order chi connectivity index (χ0) is 21.3. The van der Waals surface area contributed by atoms with Crippen LogP contribution in [0.2, 0.25) is 0 Å². The number of primary amides is 1. The van der Waals surface area contributed by atoms with E-state index in [2.05, 4.69) is 10.2 Å². The van der Waals surface area contributed by atoms with E-state index in [1.54, 1.807) is 13.8 Å². The van der Waals surface area contributed by atoms with Crippen molar-refractivity contribution in [1.29, 1.82) is 0 Å². The largest absolute Gasteiger partial charge is 0.462 e. The van der Waals surface area contributed by atoms with Gasteiger partial charge in [0.25, 0.3) is 5.91 Å². The number of rotatable bonds is 6. The fraction of sp³-hybridized carbons (Fsp3) is 0.333. The predicted molar refractivity (Wildman–Crippen MR) is 112 cm³/mol. The van der Waals surface area contributed by atoms with Gasteiger partial charge in [0, 0.05) is 13.1 Å². The van der Waals surface area contributed by atoms with Crippen molar-refractivity contribution in [1.82, 2.24) is 9.97 Å². The number of benzene rings is 1. The van der Waals surface area contributed by atoms with Gasteiger partial charge in [-0.05, 0) is 38.8 Å². The number of nitrogens with two attached hydrogens (primary N) is 1. The molecule has 3 aromatic rings. The minimum atomic E-state index is -0.797. The molecule has 1 saturated heterocycles. The number of para-hydroxylation sites is 2. The van der Waals surface area contributed by atoms with Crippen molar-refractivity contribution in [3.8, 4) is 0 Å². The first-order chi connectivity index (χ1) is 14.5.